The molecule has 3 aromatic rings. The van der Waals surface area contributed by atoms with Crippen molar-refractivity contribution >= 4 is 34.7 Å². The van der Waals surface area contributed by atoms with Crippen LogP contribution in [-0.4, -0.2) is 104 Å². The largest absolute Gasteiger partial charge is 0.497 e. The highest BCUT2D eigenvalue weighted by Crippen LogP contribution is 2.32. The average Bonchev–Trinajstić information content (AvgIpc) is 3.10. The summed E-state index contributed by atoms with van der Waals surface area (Å²) < 4.78 is 21.7. The Hall–Kier alpha value is -4.68. The second kappa shape index (κ2) is 16.1. The molecule has 2 fully saturated rings. The van der Waals surface area contributed by atoms with Gasteiger partial charge in [-0.3, -0.25) is 9.69 Å². The number of urea groups is 1. The van der Waals surface area contributed by atoms with Gasteiger partial charge in [-0.05, 0) is 55.4 Å². The summed E-state index contributed by atoms with van der Waals surface area (Å²) in [4.78, 5) is 33.5. The van der Waals surface area contributed by atoms with E-state index in [-0.39, 0.29) is 5.91 Å². The molecule has 2 aliphatic rings. The lowest BCUT2D eigenvalue weighted by atomic mass is 10.1. The second-order valence-corrected chi connectivity index (χ2v) is 11.1. The van der Waals surface area contributed by atoms with Crippen molar-refractivity contribution in [1.29, 1.82) is 0 Å². The standard InChI is InChI=1S/C34H44N6O6/c1-43-26-10-11-28(32(24-26)45-3)37-34(42)36-25-9-12-29(27(23-25)33(41)35-13-6-14-38-19-21-46-22-20-38)39-15-17-40(18-16-39)30-7-4-5-8-31(30)44-2/h4-5,7-12,23-24H,6,13-22H2,1-3H3,(H,35,41)(H2,36,37,42). The summed E-state index contributed by atoms with van der Waals surface area (Å²) in [7, 11) is 4.78. The van der Waals surface area contributed by atoms with Crippen LogP contribution in [0.3, 0.4) is 0 Å². The molecule has 0 saturated carbocycles. The molecule has 3 amide bonds. The van der Waals surface area contributed by atoms with Gasteiger partial charge < -0.3 is 44.7 Å². The number of methoxy groups -OCH3 is 3. The highest BCUT2D eigenvalue weighted by Gasteiger charge is 2.24. The van der Waals surface area contributed by atoms with Crippen LogP contribution in [0.4, 0.5) is 27.5 Å². The average molecular weight is 633 g/mol. The Morgan fingerprint density at radius 2 is 1.48 bits per heavy atom. The molecule has 12 nitrogen and oxygen atoms in total. The molecule has 2 aliphatic heterocycles. The van der Waals surface area contributed by atoms with Gasteiger partial charge in [0.2, 0.25) is 0 Å². The van der Waals surface area contributed by atoms with E-state index in [0.717, 1.165) is 82.6 Å². The van der Waals surface area contributed by atoms with Gasteiger partial charge >= 0.3 is 6.03 Å². The molecular formula is C34H44N6O6. The van der Waals surface area contributed by atoms with E-state index in [2.05, 4.69) is 36.7 Å². The lowest BCUT2D eigenvalue weighted by Crippen LogP contribution is -2.47. The quantitative estimate of drug-likeness (QED) is 0.254. The van der Waals surface area contributed by atoms with Crippen LogP contribution in [0.15, 0.2) is 60.7 Å². The lowest BCUT2D eigenvalue weighted by Gasteiger charge is -2.38. The topological polar surface area (TPSA) is 117 Å². The van der Waals surface area contributed by atoms with Crippen LogP contribution in [0.1, 0.15) is 16.8 Å². The van der Waals surface area contributed by atoms with Crippen molar-refractivity contribution in [1.82, 2.24) is 10.2 Å². The Balaban J connectivity index is 1.28. The molecule has 12 heteroatoms. The van der Waals surface area contributed by atoms with E-state index in [9.17, 15) is 9.59 Å². The zero-order chi connectivity index (χ0) is 32.3. The third-order valence-corrected chi connectivity index (χ3v) is 8.24. The molecule has 2 saturated heterocycles. The molecule has 5 rings (SSSR count). The summed E-state index contributed by atoms with van der Waals surface area (Å²) >= 11 is 0. The van der Waals surface area contributed by atoms with Crippen LogP contribution >= 0.6 is 0 Å². The predicted octanol–water partition coefficient (Wildman–Crippen LogP) is 4.14. The van der Waals surface area contributed by atoms with Gasteiger partial charge in [-0.1, -0.05) is 12.1 Å². The zero-order valence-electron chi connectivity index (χ0n) is 26.8. The highest BCUT2D eigenvalue weighted by molar-refractivity contribution is 6.04. The first-order chi connectivity index (χ1) is 22.5. The molecule has 0 aliphatic carbocycles. The summed E-state index contributed by atoms with van der Waals surface area (Å²) in [5.41, 5.74) is 3.38. The van der Waals surface area contributed by atoms with E-state index in [1.165, 1.54) is 7.11 Å². The number of amides is 3. The fourth-order valence-electron chi connectivity index (χ4n) is 5.76. The fourth-order valence-corrected chi connectivity index (χ4v) is 5.76. The van der Waals surface area contributed by atoms with Crippen molar-refractivity contribution in [2.24, 2.45) is 0 Å². The van der Waals surface area contributed by atoms with Gasteiger partial charge in [0.1, 0.15) is 17.2 Å². The normalized spacial score (nSPS) is 15.2. The lowest BCUT2D eigenvalue weighted by molar-refractivity contribution is 0.0374. The van der Waals surface area contributed by atoms with E-state index >= 15 is 0 Å². The minimum Gasteiger partial charge on any atom is -0.497 e. The fraction of sp³-hybridized carbons (Fsp3) is 0.412. The number of piperazine rings is 1. The summed E-state index contributed by atoms with van der Waals surface area (Å²) in [5.74, 6) is 1.75. The third kappa shape index (κ3) is 8.32. The van der Waals surface area contributed by atoms with Crippen LogP contribution in [-0.2, 0) is 4.74 Å². The smallest absolute Gasteiger partial charge is 0.323 e. The van der Waals surface area contributed by atoms with Crippen molar-refractivity contribution in [3.63, 3.8) is 0 Å². The molecule has 3 N–H and O–H groups in total. The molecule has 0 radical (unpaired) electrons. The number of hydrogen-bond donors (Lipinski definition) is 3. The van der Waals surface area contributed by atoms with Crippen LogP contribution < -0.4 is 40.0 Å². The van der Waals surface area contributed by atoms with E-state index in [1.54, 1.807) is 38.5 Å². The number of para-hydroxylation sites is 2. The van der Waals surface area contributed by atoms with Gasteiger partial charge in [-0.15, -0.1) is 0 Å². The van der Waals surface area contributed by atoms with E-state index < -0.39 is 6.03 Å². The van der Waals surface area contributed by atoms with Gasteiger partial charge in [-0.2, -0.15) is 0 Å². The van der Waals surface area contributed by atoms with E-state index in [4.69, 9.17) is 18.9 Å². The predicted molar refractivity (Wildman–Crippen MR) is 180 cm³/mol. The maximum absolute atomic E-state index is 13.6. The molecule has 0 aromatic heterocycles. The van der Waals surface area contributed by atoms with Crippen molar-refractivity contribution in [2.75, 3.05) is 107 Å². The van der Waals surface area contributed by atoms with Crippen LogP contribution in [0.2, 0.25) is 0 Å². The first-order valence-corrected chi connectivity index (χ1v) is 15.6. The minimum absolute atomic E-state index is 0.176. The SMILES string of the molecule is COc1ccc(NC(=O)Nc2ccc(N3CCN(c4ccccc4OC)CC3)c(C(=O)NCCCN3CCOCC3)c2)c(OC)c1. The van der Waals surface area contributed by atoms with Gasteiger partial charge in [0.25, 0.3) is 5.91 Å². The Labute approximate surface area is 270 Å². The van der Waals surface area contributed by atoms with E-state index in [0.29, 0.717) is 35.0 Å². The monoisotopic (exact) mass is 632 g/mol. The van der Waals surface area contributed by atoms with Crippen LogP contribution in [0.5, 0.6) is 17.2 Å². The first-order valence-electron chi connectivity index (χ1n) is 15.6. The van der Waals surface area contributed by atoms with Crippen molar-refractivity contribution in [3.8, 4) is 17.2 Å². The van der Waals surface area contributed by atoms with Gasteiger partial charge in [0, 0.05) is 63.3 Å². The summed E-state index contributed by atoms with van der Waals surface area (Å²) in [6.45, 7) is 7.76. The summed E-state index contributed by atoms with van der Waals surface area (Å²) in [6, 6.07) is 18.2. The molecule has 46 heavy (non-hydrogen) atoms. The molecule has 2 heterocycles. The van der Waals surface area contributed by atoms with E-state index in [1.807, 2.05) is 30.3 Å². The number of carbonyl (C=O) groups is 2. The molecule has 3 aromatic carbocycles. The maximum atomic E-state index is 13.6. The zero-order valence-corrected chi connectivity index (χ0v) is 26.8. The number of ether oxygens (including phenoxy) is 4. The Morgan fingerprint density at radius 1 is 0.761 bits per heavy atom. The van der Waals surface area contributed by atoms with Crippen molar-refractivity contribution in [3.05, 3.63) is 66.2 Å². The first kappa shape index (κ1) is 32.7. The second-order valence-electron chi connectivity index (χ2n) is 11.1. The number of benzene rings is 3. The summed E-state index contributed by atoms with van der Waals surface area (Å²) in [5, 5.41) is 8.80. The molecule has 246 valence electrons. The number of hydrogen-bond acceptors (Lipinski definition) is 9. The van der Waals surface area contributed by atoms with Crippen molar-refractivity contribution in [2.45, 2.75) is 6.42 Å². The summed E-state index contributed by atoms with van der Waals surface area (Å²) in [6.07, 6.45) is 0.836. The number of nitrogens with zero attached hydrogens (tertiary/aromatic N) is 3. The maximum Gasteiger partial charge on any atom is 0.323 e. The van der Waals surface area contributed by atoms with Gasteiger partial charge in [0.05, 0.1) is 51.5 Å². The van der Waals surface area contributed by atoms with Crippen molar-refractivity contribution < 1.29 is 28.5 Å². The number of rotatable bonds is 12. The number of carbonyl (C=O) groups excluding carboxylic acids is 2. The number of nitrogens with one attached hydrogen (secondary N) is 3. The minimum atomic E-state index is -0.460. The molecule has 0 spiro atoms. The Kier molecular flexibility index (Phi) is 11.4. The molecule has 0 bridgehead atoms. The number of morpholine rings is 1. The number of anilines is 4. The van der Waals surface area contributed by atoms with Gasteiger partial charge in [-0.25, -0.2) is 4.79 Å². The Bertz CT molecular complexity index is 1470. The molecule has 0 atom stereocenters. The highest BCUT2D eigenvalue weighted by atomic mass is 16.5. The van der Waals surface area contributed by atoms with Gasteiger partial charge in [0.15, 0.2) is 0 Å². The molecule has 0 unspecified atom stereocenters. The third-order valence-electron chi connectivity index (χ3n) is 8.24. The molecular weight excluding hydrogens is 588 g/mol. The Morgan fingerprint density at radius 3 is 2.20 bits per heavy atom. The van der Waals surface area contributed by atoms with Crippen LogP contribution in [0.25, 0.3) is 0 Å². The van der Waals surface area contributed by atoms with Crippen LogP contribution in [0, 0.1) is 0 Å².